The number of fused-ring (bicyclic) bond motifs is 1. The molecule has 0 aliphatic carbocycles. The summed E-state index contributed by atoms with van der Waals surface area (Å²) in [6.07, 6.45) is 0. The number of benzene rings is 1. The minimum absolute atomic E-state index is 0.311. The minimum Gasteiger partial charge on any atom is -0.377 e. The summed E-state index contributed by atoms with van der Waals surface area (Å²) in [5.74, 6) is -0.622. The van der Waals surface area contributed by atoms with Crippen molar-refractivity contribution in [3.8, 4) is 0 Å². The topological polar surface area (TPSA) is 49.4 Å². The summed E-state index contributed by atoms with van der Waals surface area (Å²) in [6.45, 7) is 0. The number of hydrogen-bond donors (Lipinski definition) is 1. The molecule has 0 atom stereocenters. The highest BCUT2D eigenvalue weighted by atomic mass is 16.2. The third-order valence-corrected chi connectivity index (χ3v) is 2.22. The molecule has 14 heavy (non-hydrogen) atoms. The Hall–Kier alpha value is -1.84. The molecule has 0 spiro atoms. The number of carbonyl (C=O) groups excluding carboxylic acids is 2. The largest absolute Gasteiger partial charge is 0.377 e. The lowest BCUT2D eigenvalue weighted by molar-refractivity contribution is 0.0880. The van der Waals surface area contributed by atoms with Crippen molar-refractivity contribution in [2.24, 2.45) is 0 Å². The first-order valence-corrected chi connectivity index (χ1v) is 4.27. The van der Waals surface area contributed by atoms with Gasteiger partial charge in [-0.15, -0.1) is 0 Å². The second kappa shape index (κ2) is 2.83. The number of hydrogen-bond acceptors (Lipinski definition) is 3. The van der Waals surface area contributed by atoms with Crippen LogP contribution in [-0.4, -0.2) is 25.9 Å². The van der Waals surface area contributed by atoms with Crippen molar-refractivity contribution in [2.75, 3.05) is 19.0 Å². The molecule has 4 heteroatoms. The van der Waals surface area contributed by atoms with Gasteiger partial charge in [-0.2, -0.15) is 0 Å². The Morgan fingerprint density at radius 1 is 1.14 bits per heavy atom. The Morgan fingerprint density at radius 3 is 2.50 bits per heavy atom. The quantitative estimate of drug-likeness (QED) is 0.661. The lowest BCUT2D eigenvalue weighted by Gasteiger charge is -2.14. The fourth-order valence-electron chi connectivity index (χ4n) is 1.57. The zero-order chi connectivity index (χ0) is 10.3. The Labute approximate surface area is 81.5 Å². The van der Waals surface area contributed by atoms with E-state index in [1.807, 2.05) is 25.1 Å². The number of anilines is 1. The van der Waals surface area contributed by atoms with Gasteiger partial charge in [0.1, 0.15) is 0 Å². The predicted octanol–water partition coefficient (Wildman–Crippen LogP) is 0.636. The van der Waals surface area contributed by atoms with Gasteiger partial charge in [-0.3, -0.25) is 14.9 Å². The lowest BCUT2D eigenvalue weighted by atomic mass is 10.1. The van der Waals surface area contributed by atoms with Crippen molar-refractivity contribution in [1.82, 2.24) is 5.32 Å². The van der Waals surface area contributed by atoms with Crippen molar-refractivity contribution in [1.29, 1.82) is 0 Å². The van der Waals surface area contributed by atoms with Gasteiger partial charge in [0.05, 0.1) is 11.1 Å². The van der Waals surface area contributed by atoms with Gasteiger partial charge < -0.3 is 4.90 Å². The van der Waals surface area contributed by atoms with Crippen molar-refractivity contribution in [3.63, 3.8) is 0 Å². The van der Waals surface area contributed by atoms with Crippen molar-refractivity contribution in [2.45, 2.75) is 0 Å². The van der Waals surface area contributed by atoms with E-state index in [-0.39, 0.29) is 11.8 Å². The van der Waals surface area contributed by atoms with Crippen LogP contribution < -0.4 is 10.2 Å². The zero-order valence-electron chi connectivity index (χ0n) is 8.00. The van der Waals surface area contributed by atoms with E-state index in [0.717, 1.165) is 5.69 Å². The highest BCUT2D eigenvalue weighted by Crippen LogP contribution is 2.25. The van der Waals surface area contributed by atoms with Gasteiger partial charge in [-0.1, -0.05) is 6.07 Å². The second-order valence-electron chi connectivity index (χ2n) is 3.38. The molecule has 0 bridgehead atoms. The van der Waals surface area contributed by atoms with E-state index in [0.29, 0.717) is 11.1 Å². The maximum absolute atomic E-state index is 11.4. The molecule has 2 rings (SSSR count). The Morgan fingerprint density at radius 2 is 1.86 bits per heavy atom. The summed E-state index contributed by atoms with van der Waals surface area (Å²) in [5, 5.41) is 2.27. The standard InChI is InChI=1S/C10H10N2O2/c1-12(2)7-5-3-4-6-8(7)10(14)11-9(6)13/h3-5H,1-2H3,(H,11,13,14). The first kappa shape index (κ1) is 8.74. The highest BCUT2D eigenvalue weighted by molar-refractivity contribution is 6.23. The van der Waals surface area contributed by atoms with Crippen LogP contribution in [0.4, 0.5) is 5.69 Å². The number of nitrogens with zero attached hydrogens (tertiary/aromatic N) is 1. The molecule has 0 aromatic heterocycles. The smallest absolute Gasteiger partial charge is 0.261 e. The Balaban J connectivity index is 2.68. The van der Waals surface area contributed by atoms with Crippen LogP contribution in [-0.2, 0) is 0 Å². The van der Waals surface area contributed by atoms with Crippen LogP contribution in [0.25, 0.3) is 0 Å². The van der Waals surface area contributed by atoms with E-state index < -0.39 is 0 Å². The molecule has 0 saturated carbocycles. The van der Waals surface area contributed by atoms with Crippen molar-refractivity contribution < 1.29 is 9.59 Å². The monoisotopic (exact) mass is 190 g/mol. The average molecular weight is 190 g/mol. The van der Waals surface area contributed by atoms with Gasteiger partial charge in [0.2, 0.25) is 0 Å². The fourth-order valence-corrected chi connectivity index (χ4v) is 1.57. The molecule has 1 heterocycles. The summed E-state index contributed by atoms with van der Waals surface area (Å²) < 4.78 is 0. The summed E-state index contributed by atoms with van der Waals surface area (Å²) in [4.78, 5) is 24.6. The molecule has 1 N–H and O–H groups in total. The van der Waals surface area contributed by atoms with E-state index in [1.165, 1.54) is 0 Å². The highest BCUT2D eigenvalue weighted by Gasteiger charge is 2.29. The molecule has 0 radical (unpaired) electrons. The van der Waals surface area contributed by atoms with Gasteiger partial charge in [0.15, 0.2) is 0 Å². The number of nitrogens with one attached hydrogen (secondary N) is 1. The molecule has 72 valence electrons. The molecule has 1 aromatic carbocycles. The molecule has 1 aliphatic heterocycles. The molecule has 0 saturated heterocycles. The third kappa shape index (κ3) is 1.08. The predicted molar refractivity (Wildman–Crippen MR) is 52.6 cm³/mol. The summed E-state index contributed by atoms with van der Waals surface area (Å²) in [6, 6.07) is 5.24. The van der Waals surface area contributed by atoms with Gasteiger partial charge in [-0.05, 0) is 12.1 Å². The number of rotatable bonds is 1. The summed E-state index contributed by atoms with van der Waals surface area (Å²) in [5.41, 5.74) is 1.70. The van der Waals surface area contributed by atoms with Gasteiger partial charge in [0, 0.05) is 19.8 Å². The molecule has 1 aromatic rings. The minimum atomic E-state index is -0.311. The molecule has 0 fully saturated rings. The molecular weight excluding hydrogens is 180 g/mol. The number of carbonyl (C=O) groups is 2. The third-order valence-electron chi connectivity index (χ3n) is 2.22. The van der Waals surface area contributed by atoms with Crippen LogP contribution in [0.3, 0.4) is 0 Å². The fraction of sp³-hybridized carbons (Fsp3) is 0.200. The van der Waals surface area contributed by atoms with Crippen LogP contribution >= 0.6 is 0 Å². The average Bonchev–Trinajstić information content (AvgIpc) is 2.43. The SMILES string of the molecule is CN(C)c1cccc2c1C(=O)NC2=O. The van der Waals surface area contributed by atoms with Crippen LogP contribution in [0.1, 0.15) is 20.7 Å². The van der Waals surface area contributed by atoms with Crippen LogP contribution in [0.5, 0.6) is 0 Å². The van der Waals surface area contributed by atoms with Crippen LogP contribution in [0.2, 0.25) is 0 Å². The van der Waals surface area contributed by atoms with E-state index >= 15 is 0 Å². The first-order valence-electron chi connectivity index (χ1n) is 4.27. The van der Waals surface area contributed by atoms with Crippen molar-refractivity contribution in [3.05, 3.63) is 29.3 Å². The van der Waals surface area contributed by atoms with E-state index in [4.69, 9.17) is 0 Å². The Kier molecular flexibility index (Phi) is 1.77. The maximum Gasteiger partial charge on any atom is 0.261 e. The number of imide groups is 1. The summed E-state index contributed by atoms with van der Waals surface area (Å²) in [7, 11) is 3.68. The van der Waals surface area contributed by atoms with Gasteiger partial charge in [0.25, 0.3) is 11.8 Å². The molecular formula is C10H10N2O2. The van der Waals surface area contributed by atoms with Gasteiger partial charge in [-0.25, -0.2) is 0 Å². The van der Waals surface area contributed by atoms with E-state index in [1.54, 1.807) is 12.1 Å². The lowest BCUT2D eigenvalue weighted by Crippen LogP contribution is -2.21. The van der Waals surface area contributed by atoms with E-state index in [2.05, 4.69) is 5.32 Å². The molecule has 4 nitrogen and oxygen atoms in total. The normalized spacial score (nSPS) is 13.9. The van der Waals surface area contributed by atoms with Gasteiger partial charge >= 0.3 is 0 Å². The maximum atomic E-state index is 11.4. The Bertz CT molecular complexity index is 424. The van der Waals surface area contributed by atoms with Crippen molar-refractivity contribution >= 4 is 17.5 Å². The van der Waals surface area contributed by atoms with Crippen LogP contribution in [0.15, 0.2) is 18.2 Å². The molecule has 0 unspecified atom stereocenters. The first-order chi connectivity index (χ1) is 6.61. The summed E-state index contributed by atoms with van der Waals surface area (Å²) >= 11 is 0. The zero-order valence-corrected chi connectivity index (χ0v) is 8.00. The van der Waals surface area contributed by atoms with E-state index in [9.17, 15) is 9.59 Å². The number of amides is 2. The second-order valence-corrected chi connectivity index (χ2v) is 3.38. The van der Waals surface area contributed by atoms with Crippen LogP contribution in [0, 0.1) is 0 Å². The molecule has 1 aliphatic rings. The molecule has 2 amide bonds.